The lowest BCUT2D eigenvalue weighted by molar-refractivity contribution is -0.123. The number of aryl methyl sites for hydroxylation is 1. The highest BCUT2D eigenvalue weighted by Crippen LogP contribution is 2.26. The number of ether oxygens (including phenoxy) is 2. The van der Waals surface area contributed by atoms with Gasteiger partial charge in [0.15, 0.2) is 12.1 Å². The van der Waals surface area contributed by atoms with E-state index in [2.05, 4.69) is 15.4 Å². The first-order valence-corrected chi connectivity index (χ1v) is 7.85. The summed E-state index contributed by atoms with van der Waals surface area (Å²) in [6, 6.07) is 1.52. The van der Waals surface area contributed by atoms with Crippen molar-refractivity contribution in [3.8, 4) is 0 Å². The zero-order valence-electron chi connectivity index (χ0n) is 13.1. The minimum absolute atomic E-state index is 0.0515. The van der Waals surface area contributed by atoms with Gasteiger partial charge in [-0.2, -0.15) is 0 Å². The van der Waals surface area contributed by atoms with Gasteiger partial charge in [-0.15, -0.1) is 0 Å². The lowest BCUT2D eigenvalue weighted by atomic mass is 9.95. The number of hydrogen-bond acceptors (Lipinski definition) is 6. The number of piperidine rings is 1. The molecule has 2 saturated heterocycles. The number of carbonyl (C=O) groups excluding carboxylic acids is 1. The summed E-state index contributed by atoms with van der Waals surface area (Å²) < 4.78 is 16.1. The standard InChI is InChI=1S/C15H23N3O4/c1-10-9-13(17-22-10)16-14(19)11(2)18-5-3-12(4-6-18)15-20-7-8-21-15/h9,11-12,15H,3-8H2,1-2H3,(H,16,17,19). The molecule has 122 valence electrons. The van der Waals surface area contributed by atoms with Gasteiger partial charge in [0.05, 0.1) is 19.3 Å². The second-order valence-corrected chi connectivity index (χ2v) is 5.97. The van der Waals surface area contributed by atoms with Gasteiger partial charge >= 0.3 is 0 Å². The molecule has 0 radical (unpaired) electrons. The Balaban J connectivity index is 1.48. The summed E-state index contributed by atoms with van der Waals surface area (Å²) in [5.41, 5.74) is 0. The molecule has 7 heteroatoms. The number of aromatic nitrogens is 1. The van der Waals surface area contributed by atoms with E-state index >= 15 is 0 Å². The van der Waals surface area contributed by atoms with Gasteiger partial charge in [0.2, 0.25) is 5.91 Å². The zero-order chi connectivity index (χ0) is 15.5. The largest absolute Gasteiger partial charge is 0.360 e. The molecule has 1 N–H and O–H groups in total. The first-order chi connectivity index (χ1) is 10.6. The Morgan fingerprint density at radius 2 is 2.05 bits per heavy atom. The smallest absolute Gasteiger partial charge is 0.242 e. The Morgan fingerprint density at radius 1 is 1.36 bits per heavy atom. The summed E-state index contributed by atoms with van der Waals surface area (Å²) in [5, 5.41) is 6.58. The average Bonchev–Trinajstić information content (AvgIpc) is 3.18. The van der Waals surface area contributed by atoms with E-state index in [1.54, 1.807) is 13.0 Å². The number of anilines is 1. The Kier molecular flexibility index (Phi) is 4.75. The number of nitrogens with one attached hydrogen (secondary N) is 1. The molecular weight excluding hydrogens is 286 g/mol. The maximum atomic E-state index is 12.3. The van der Waals surface area contributed by atoms with Crippen molar-refractivity contribution < 1.29 is 18.8 Å². The van der Waals surface area contributed by atoms with Crippen LogP contribution in [-0.4, -0.2) is 54.6 Å². The summed E-state index contributed by atoms with van der Waals surface area (Å²) in [6.07, 6.45) is 1.93. The third kappa shape index (κ3) is 3.48. The van der Waals surface area contributed by atoms with Crippen molar-refractivity contribution in [3.63, 3.8) is 0 Å². The first kappa shape index (κ1) is 15.5. The normalized spacial score (nSPS) is 22.8. The van der Waals surface area contributed by atoms with E-state index in [0.29, 0.717) is 30.7 Å². The van der Waals surface area contributed by atoms with Crippen LogP contribution in [0.15, 0.2) is 10.6 Å². The molecule has 22 heavy (non-hydrogen) atoms. The molecule has 2 fully saturated rings. The molecule has 7 nitrogen and oxygen atoms in total. The van der Waals surface area contributed by atoms with Gasteiger partial charge in [-0.05, 0) is 39.8 Å². The van der Waals surface area contributed by atoms with Gasteiger partial charge in [-0.25, -0.2) is 0 Å². The van der Waals surface area contributed by atoms with Crippen molar-refractivity contribution in [3.05, 3.63) is 11.8 Å². The van der Waals surface area contributed by atoms with Gasteiger partial charge in [0.25, 0.3) is 0 Å². The number of likely N-dealkylation sites (tertiary alicyclic amines) is 1. The van der Waals surface area contributed by atoms with Crippen LogP contribution in [0, 0.1) is 12.8 Å². The highest BCUT2D eigenvalue weighted by Gasteiger charge is 2.33. The van der Waals surface area contributed by atoms with Crippen LogP contribution in [0.4, 0.5) is 5.82 Å². The number of nitrogens with zero attached hydrogens (tertiary/aromatic N) is 2. The van der Waals surface area contributed by atoms with Crippen LogP contribution < -0.4 is 5.32 Å². The molecule has 3 rings (SSSR count). The van der Waals surface area contributed by atoms with E-state index in [-0.39, 0.29) is 18.2 Å². The van der Waals surface area contributed by atoms with Gasteiger partial charge in [0, 0.05) is 12.0 Å². The monoisotopic (exact) mass is 309 g/mol. The fourth-order valence-corrected chi connectivity index (χ4v) is 3.05. The lowest BCUT2D eigenvalue weighted by Crippen LogP contribution is -2.47. The van der Waals surface area contributed by atoms with Crippen LogP contribution in [0.25, 0.3) is 0 Å². The van der Waals surface area contributed by atoms with Crippen LogP contribution >= 0.6 is 0 Å². The fraction of sp³-hybridized carbons (Fsp3) is 0.733. The second-order valence-electron chi connectivity index (χ2n) is 5.97. The van der Waals surface area contributed by atoms with Crippen LogP contribution in [-0.2, 0) is 14.3 Å². The second kappa shape index (κ2) is 6.76. The molecule has 0 bridgehead atoms. The van der Waals surface area contributed by atoms with Crippen molar-refractivity contribution in [1.82, 2.24) is 10.1 Å². The van der Waals surface area contributed by atoms with Crippen molar-refractivity contribution in [1.29, 1.82) is 0 Å². The van der Waals surface area contributed by atoms with Crippen molar-refractivity contribution >= 4 is 11.7 Å². The molecule has 0 aromatic carbocycles. The Hall–Kier alpha value is -1.44. The highest BCUT2D eigenvalue weighted by atomic mass is 16.7. The molecule has 1 aromatic heterocycles. The Morgan fingerprint density at radius 3 is 2.64 bits per heavy atom. The summed E-state index contributed by atoms with van der Waals surface area (Å²) >= 11 is 0. The zero-order valence-corrected chi connectivity index (χ0v) is 13.1. The van der Waals surface area contributed by atoms with E-state index < -0.39 is 0 Å². The predicted molar refractivity (Wildman–Crippen MR) is 79.3 cm³/mol. The SMILES string of the molecule is Cc1cc(NC(=O)C(C)N2CCC(C3OCCO3)CC2)no1. The van der Waals surface area contributed by atoms with Crippen LogP contribution in [0.3, 0.4) is 0 Å². The molecule has 3 heterocycles. The van der Waals surface area contributed by atoms with Crippen LogP contribution in [0.2, 0.25) is 0 Å². The van der Waals surface area contributed by atoms with Crippen LogP contribution in [0.1, 0.15) is 25.5 Å². The third-order valence-electron chi connectivity index (χ3n) is 4.41. The average molecular weight is 309 g/mol. The summed E-state index contributed by atoms with van der Waals surface area (Å²) in [4.78, 5) is 14.5. The summed E-state index contributed by atoms with van der Waals surface area (Å²) in [7, 11) is 0. The first-order valence-electron chi connectivity index (χ1n) is 7.85. The Bertz CT molecular complexity index is 505. The molecule has 1 aromatic rings. The molecule has 0 spiro atoms. The highest BCUT2D eigenvalue weighted by molar-refractivity contribution is 5.93. The number of hydrogen-bond donors (Lipinski definition) is 1. The predicted octanol–water partition coefficient (Wildman–Crippen LogP) is 1.39. The van der Waals surface area contributed by atoms with E-state index in [9.17, 15) is 4.79 Å². The molecule has 0 aliphatic carbocycles. The number of carbonyl (C=O) groups is 1. The van der Waals surface area contributed by atoms with Gasteiger partial charge in [0.1, 0.15) is 5.76 Å². The quantitative estimate of drug-likeness (QED) is 0.906. The molecule has 0 saturated carbocycles. The molecule has 2 aliphatic heterocycles. The van der Waals surface area contributed by atoms with Gasteiger partial charge in [-0.1, -0.05) is 5.16 Å². The molecule has 1 atom stereocenters. The maximum Gasteiger partial charge on any atom is 0.242 e. The van der Waals surface area contributed by atoms with Crippen molar-refractivity contribution in [2.75, 3.05) is 31.6 Å². The van der Waals surface area contributed by atoms with E-state index in [0.717, 1.165) is 25.9 Å². The number of amides is 1. The summed E-state index contributed by atoms with van der Waals surface area (Å²) in [5.74, 6) is 1.53. The third-order valence-corrected chi connectivity index (χ3v) is 4.41. The minimum atomic E-state index is -0.191. The lowest BCUT2D eigenvalue weighted by Gasteiger charge is -2.36. The molecular formula is C15H23N3O4. The van der Waals surface area contributed by atoms with Crippen molar-refractivity contribution in [2.24, 2.45) is 5.92 Å². The maximum absolute atomic E-state index is 12.3. The summed E-state index contributed by atoms with van der Waals surface area (Å²) in [6.45, 7) is 6.86. The fourth-order valence-electron chi connectivity index (χ4n) is 3.05. The molecule has 1 unspecified atom stereocenters. The van der Waals surface area contributed by atoms with Gasteiger partial charge < -0.3 is 19.3 Å². The van der Waals surface area contributed by atoms with Crippen LogP contribution in [0.5, 0.6) is 0 Å². The van der Waals surface area contributed by atoms with E-state index in [1.165, 1.54) is 0 Å². The van der Waals surface area contributed by atoms with E-state index in [1.807, 2.05) is 6.92 Å². The molecule has 1 amide bonds. The number of rotatable bonds is 4. The molecule has 2 aliphatic rings. The van der Waals surface area contributed by atoms with E-state index in [4.69, 9.17) is 14.0 Å². The minimum Gasteiger partial charge on any atom is -0.360 e. The van der Waals surface area contributed by atoms with Crippen molar-refractivity contribution in [2.45, 2.75) is 39.0 Å². The Labute approximate surface area is 129 Å². The topological polar surface area (TPSA) is 76.8 Å². The van der Waals surface area contributed by atoms with Gasteiger partial charge in [-0.3, -0.25) is 9.69 Å².